The van der Waals surface area contributed by atoms with Crippen LogP contribution in [0.25, 0.3) is 0 Å². The molecule has 1 aromatic heterocycles. The van der Waals surface area contributed by atoms with Crippen LogP contribution in [0.4, 0.5) is 4.39 Å². The molecule has 0 bridgehead atoms. The first-order valence-corrected chi connectivity index (χ1v) is 7.78. The number of benzene rings is 1. The highest BCUT2D eigenvalue weighted by molar-refractivity contribution is 9.10. The Morgan fingerprint density at radius 3 is 2.67 bits per heavy atom. The lowest BCUT2D eigenvalue weighted by Gasteiger charge is -2.19. The highest BCUT2D eigenvalue weighted by Gasteiger charge is 2.16. The van der Waals surface area contributed by atoms with Crippen LogP contribution in [-0.4, -0.2) is 17.2 Å². The maximum absolute atomic E-state index is 13.3. The van der Waals surface area contributed by atoms with Gasteiger partial charge >= 0.3 is 0 Å². The van der Waals surface area contributed by atoms with Gasteiger partial charge in [0.2, 0.25) is 0 Å². The van der Waals surface area contributed by atoms with Crippen LogP contribution in [0.5, 0.6) is 0 Å². The first-order chi connectivity index (χ1) is 10.0. The molecule has 5 heteroatoms. The summed E-state index contributed by atoms with van der Waals surface area (Å²) in [7, 11) is 1.93. The van der Waals surface area contributed by atoms with E-state index in [1.807, 2.05) is 26.1 Å². The molecule has 21 heavy (non-hydrogen) atoms. The third-order valence-corrected chi connectivity index (χ3v) is 4.12. The Hall–Kier alpha value is -1.33. The molecule has 0 amide bonds. The molecule has 2 rings (SSSR count). The van der Waals surface area contributed by atoms with E-state index in [0.29, 0.717) is 4.47 Å². The number of nitrogens with one attached hydrogen (secondary N) is 1. The van der Waals surface area contributed by atoms with E-state index in [0.717, 1.165) is 35.4 Å². The van der Waals surface area contributed by atoms with Crippen LogP contribution in [0.1, 0.15) is 35.5 Å². The molecule has 0 saturated heterocycles. The molecule has 0 saturated carbocycles. The van der Waals surface area contributed by atoms with Crippen molar-refractivity contribution in [2.24, 2.45) is 0 Å². The number of aromatic nitrogens is 2. The zero-order valence-electron chi connectivity index (χ0n) is 12.5. The van der Waals surface area contributed by atoms with Gasteiger partial charge in [-0.3, -0.25) is 0 Å². The van der Waals surface area contributed by atoms with Crippen molar-refractivity contribution in [1.82, 2.24) is 15.5 Å². The minimum atomic E-state index is -0.240. The summed E-state index contributed by atoms with van der Waals surface area (Å²) in [5.74, 6) is -0.240. The number of rotatable bonds is 5. The van der Waals surface area contributed by atoms with Gasteiger partial charge in [-0.1, -0.05) is 13.0 Å². The number of halogens is 2. The van der Waals surface area contributed by atoms with Crippen LogP contribution in [0.15, 0.2) is 28.7 Å². The number of aryl methyl sites for hydroxylation is 2. The first-order valence-electron chi connectivity index (χ1n) is 6.99. The van der Waals surface area contributed by atoms with Crippen molar-refractivity contribution in [1.29, 1.82) is 0 Å². The van der Waals surface area contributed by atoms with E-state index in [4.69, 9.17) is 0 Å². The van der Waals surface area contributed by atoms with E-state index in [-0.39, 0.29) is 11.9 Å². The summed E-state index contributed by atoms with van der Waals surface area (Å²) in [4.78, 5) is 0. The van der Waals surface area contributed by atoms with Crippen LogP contribution >= 0.6 is 15.9 Å². The summed E-state index contributed by atoms with van der Waals surface area (Å²) in [5, 5.41) is 11.7. The number of hydrogen-bond donors (Lipinski definition) is 1. The average molecular weight is 352 g/mol. The molecule has 1 atom stereocenters. The Labute approximate surface area is 133 Å². The molecular weight excluding hydrogens is 333 g/mol. The van der Waals surface area contributed by atoms with Crippen LogP contribution in [0, 0.1) is 12.7 Å². The maximum Gasteiger partial charge on any atom is 0.137 e. The second kappa shape index (κ2) is 7.09. The van der Waals surface area contributed by atoms with Crippen molar-refractivity contribution >= 4 is 15.9 Å². The smallest absolute Gasteiger partial charge is 0.137 e. The van der Waals surface area contributed by atoms with Crippen LogP contribution < -0.4 is 5.32 Å². The van der Waals surface area contributed by atoms with Gasteiger partial charge in [0.15, 0.2) is 0 Å². The topological polar surface area (TPSA) is 37.8 Å². The molecule has 112 valence electrons. The fourth-order valence-electron chi connectivity index (χ4n) is 2.38. The summed E-state index contributed by atoms with van der Waals surface area (Å²) < 4.78 is 13.8. The molecule has 0 fully saturated rings. The molecule has 1 N–H and O–H groups in total. The second-order valence-electron chi connectivity index (χ2n) is 5.04. The van der Waals surface area contributed by atoms with Crippen molar-refractivity contribution in [3.8, 4) is 0 Å². The summed E-state index contributed by atoms with van der Waals surface area (Å²) in [6, 6.07) is 7.34. The molecule has 3 nitrogen and oxygen atoms in total. The summed E-state index contributed by atoms with van der Waals surface area (Å²) in [6.07, 6.45) is 1.61. The monoisotopic (exact) mass is 351 g/mol. The Balaban J connectivity index is 2.31. The predicted octanol–water partition coefficient (Wildman–Crippen LogP) is 3.75. The molecule has 2 aromatic rings. The van der Waals surface area contributed by atoms with Crippen molar-refractivity contribution in [3.05, 3.63) is 57.1 Å². The summed E-state index contributed by atoms with van der Waals surface area (Å²) in [6.45, 7) is 4.02. The molecule has 1 unspecified atom stereocenters. The van der Waals surface area contributed by atoms with E-state index in [1.165, 1.54) is 6.07 Å². The van der Waals surface area contributed by atoms with Gasteiger partial charge in [0.1, 0.15) is 5.82 Å². The van der Waals surface area contributed by atoms with Gasteiger partial charge in [-0.15, -0.1) is 0 Å². The van der Waals surface area contributed by atoms with E-state index < -0.39 is 0 Å². The molecule has 1 heterocycles. The van der Waals surface area contributed by atoms with Crippen molar-refractivity contribution in [2.75, 3.05) is 7.05 Å². The van der Waals surface area contributed by atoms with Gasteiger partial charge in [-0.05, 0) is 72.1 Å². The Morgan fingerprint density at radius 1 is 1.29 bits per heavy atom. The van der Waals surface area contributed by atoms with Gasteiger partial charge in [0.05, 0.1) is 15.9 Å². The molecule has 0 aliphatic rings. The Kier molecular flexibility index (Phi) is 5.42. The zero-order chi connectivity index (χ0) is 15.4. The second-order valence-corrected chi connectivity index (χ2v) is 5.89. The molecular formula is C16H19BrFN3. The van der Waals surface area contributed by atoms with Gasteiger partial charge in [-0.2, -0.15) is 10.2 Å². The molecule has 0 aliphatic carbocycles. The lowest BCUT2D eigenvalue weighted by Crippen LogP contribution is -2.21. The Bertz CT molecular complexity index is 631. The SMILES string of the molecule is CCc1nnc(C)cc1C(Cc1ccc(F)c(Br)c1)NC. The summed E-state index contributed by atoms with van der Waals surface area (Å²) in [5.41, 5.74) is 4.14. The zero-order valence-corrected chi connectivity index (χ0v) is 14.0. The molecule has 1 aromatic carbocycles. The van der Waals surface area contributed by atoms with E-state index in [1.54, 1.807) is 0 Å². The van der Waals surface area contributed by atoms with Gasteiger partial charge < -0.3 is 5.32 Å². The fourth-order valence-corrected chi connectivity index (χ4v) is 2.81. The van der Waals surface area contributed by atoms with Crippen LogP contribution in [-0.2, 0) is 12.8 Å². The standard InChI is InChI=1S/C16H19BrFN3/c1-4-15-12(7-10(2)20-21-15)16(19-3)9-11-5-6-14(18)13(17)8-11/h5-8,16,19H,4,9H2,1-3H3. The van der Waals surface area contributed by atoms with E-state index >= 15 is 0 Å². The number of hydrogen-bond acceptors (Lipinski definition) is 3. The minimum absolute atomic E-state index is 0.131. The van der Waals surface area contributed by atoms with Crippen LogP contribution in [0.3, 0.4) is 0 Å². The van der Waals surface area contributed by atoms with Crippen molar-refractivity contribution < 1.29 is 4.39 Å². The summed E-state index contributed by atoms with van der Waals surface area (Å²) >= 11 is 3.24. The maximum atomic E-state index is 13.3. The minimum Gasteiger partial charge on any atom is -0.313 e. The van der Waals surface area contributed by atoms with Crippen molar-refractivity contribution in [3.63, 3.8) is 0 Å². The third kappa shape index (κ3) is 3.86. The van der Waals surface area contributed by atoms with Crippen molar-refractivity contribution in [2.45, 2.75) is 32.7 Å². The normalized spacial score (nSPS) is 12.4. The quantitative estimate of drug-likeness (QED) is 0.891. The van der Waals surface area contributed by atoms with Gasteiger partial charge in [0.25, 0.3) is 0 Å². The van der Waals surface area contributed by atoms with E-state index in [9.17, 15) is 4.39 Å². The molecule has 0 aliphatic heterocycles. The lowest BCUT2D eigenvalue weighted by molar-refractivity contribution is 0.576. The highest BCUT2D eigenvalue weighted by atomic mass is 79.9. The highest BCUT2D eigenvalue weighted by Crippen LogP contribution is 2.24. The molecule has 0 radical (unpaired) electrons. The van der Waals surface area contributed by atoms with Gasteiger partial charge in [-0.25, -0.2) is 4.39 Å². The van der Waals surface area contributed by atoms with E-state index in [2.05, 4.69) is 44.4 Å². The lowest BCUT2D eigenvalue weighted by atomic mass is 9.96. The first kappa shape index (κ1) is 16.0. The molecule has 0 spiro atoms. The third-order valence-electron chi connectivity index (χ3n) is 3.51. The predicted molar refractivity (Wildman–Crippen MR) is 85.8 cm³/mol. The van der Waals surface area contributed by atoms with Crippen LogP contribution in [0.2, 0.25) is 0 Å². The van der Waals surface area contributed by atoms with Gasteiger partial charge in [0, 0.05) is 6.04 Å². The fraction of sp³-hybridized carbons (Fsp3) is 0.375. The average Bonchev–Trinajstić information content (AvgIpc) is 2.48. The number of nitrogens with zero attached hydrogens (tertiary/aromatic N) is 2. The number of likely N-dealkylation sites (N-methyl/N-ethyl adjacent to an activating group) is 1. The largest absolute Gasteiger partial charge is 0.313 e. The Morgan fingerprint density at radius 2 is 2.05 bits per heavy atom.